The maximum atomic E-state index is 11.7. The molecular weight excluding hydrogens is 280 g/mol. The molecule has 1 saturated heterocycles. The molecule has 1 heterocycles. The molecule has 1 fully saturated rings. The number of nitrogens with two attached hydrogens (primary N) is 1. The summed E-state index contributed by atoms with van der Waals surface area (Å²) in [5, 5.41) is 5.29. The minimum atomic E-state index is -0.329. The highest BCUT2D eigenvalue weighted by Gasteiger charge is 2.13. The zero-order valence-corrected chi connectivity index (χ0v) is 12.8. The third-order valence-electron chi connectivity index (χ3n) is 3.82. The lowest BCUT2D eigenvalue weighted by Crippen LogP contribution is -2.39. The predicted octanol–water partition coefficient (Wildman–Crippen LogP) is -0.0265. The molecule has 0 spiro atoms. The maximum Gasteiger partial charge on any atom is 0.239 e. The van der Waals surface area contributed by atoms with Gasteiger partial charge in [0.05, 0.1) is 13.1 Å². The number of amides is 2. The molecule has 2 rings (SSSR count). The van der Waals surface area contributed by atoms with Crippen LogP contribution in [-0.2, 0) is 22.7 Å². The Morgan fingerprint density at radius 2 is 1.73 bits per heavy atom. The van der Waals surface area contributed by atoms with Gasteiger partial charge in [0.15, 0.2) is 0 Å². The number of hydrogen-bond donors (Lipinski definition) is 3. The normalized spacial score (nSPS) is 14.8. The van der Waals surface area contributed by atoms with Gasteiger partial charge in [-0.2, -0.15) is 0 Å². The largest absolute Gasteiger partial charge is 0.350 e. The summed E-state index contributed by atoms with van der Waals surface area (Å²) in [4.78, 5) is 25.2. The van der Waals surface area contributed by atoms with E-state index in [1.165, 1.54) is 18.4 Å². The van der Waals surface area contributed by atoms with E-state index in [4.69, 9.17) is 5.73 Å². The van der Waals surface area contributed by atoms with Crippen molar-refractivity contribution in [3.05, 3.63) is 35.4 Å². The number of benzene rings is 1. The second kappa shape index (κ2) is 8.51. The summed E-state index contributed by atoms with van der Waals surface area (Å²) < 4.78 is 0. The second-order valence-corrected chi connectivity index (χ2v) is 5.51. The number of hydrogen-bond acceptors (Lipinski definition) is 4. The van der Waals surface area contributed by atoms with Crippen LogP contribution in [0, 0.1) is 0 Å². The maximum absolute atomic E-state index is 11.7. The lowest BCUT2D eigenvalue weighted by atomic mass is 10.1. The van der Waals surface area contributed by atoms with Crippen molar-refractivity contribution < 1.29 is 9.59 Å². The van der Waals surface area contributed by atoms with Gasteiger partial charge >= 0.3 is 0 Å². The Morgan fingerprint density at radius 1 is 1.05 bits per heavy atom. The zero-order valence-electron chi connectivity index (χ0n) is 12.8. The van der Waals surface area contributed by atoms with Crippen LogP contribution < -0.4 is 16.4 Å². The molecule has 0 unspecified atom stereocenters. The lowest BCUT2D eigenvalue weighted by molar-refractivity contribution is -0.125. The van der Waals surface area contributed by atoms with Gasteiger partial charge in [-0.15, -0.1) is 0 Å². The van der Waals surface area contributed by atoms with Crippen molar-refractivity contribution in [1.29, 1.82) is 0 Å². The number of likely N-dealkylation sites (tertiary alicyclic amines) is 1. The van der Waals surface area contributed by atoms with Crippen LogP contribution in [0.2, 0.25) is 0 Å². The minimum Gasteiger partial charge on any atom is -0.350 e. The number of rotatable bonds is 7. The van der Waals surface area contributed by atoms with Gasteiger partial charge < -0.3 is 16.4 Å². The molecule has 2 amide bonds. The molecule has 6 heteroatoms. The van der Waals surface area contributed by atoms with E-state index in [1.807, 2.05) is 18.2 Å². The lowest BCUT2D eigenvalue weighted by Gasteiger charge is -2.17. The summed E-state index contributed by atoms with van der Waals surface area (Å²) in [6.45, 7) is 3.55. The van der Waals surface area contributed by atoms with Crippen molar-refractivity contribution in [3.63, 3.8) is 0 Å². The first kappa shape index (κ1) is 16.5. The van der Waals surface area contributed by atoms with Gasteiger partial charge in [0.25, 0.3) is 0 Å². The van der Waals surface area contributed by atoms with Crippen LogP contribution in [0.1, 0.15) is 24.0 Å². The van der Waals surface area contributed by atoms with Crippen LogP contribution in [0.4, 0.5) is 0 Å². The smallest absolute Gasteiger partial charge is 0.239 e. The van der Waals surface area contributed by atoms with E-state index in [2.05, 4.69) is 21.6 Å². The van der Waals surface area contributed by atoms with Gasteiger partial charge in [-0.3, -0.25) is 14.5 Å². The fourth-order valence-electron chi connectivity index (χ4n) is 2.57. The third-order valence-corrected chi connectivity index (χ3v) is 3.82. The first-order valence-electron chi connectivity index (χ1n) is 7.71. The summed E-state index contributed by atoms with van der Waals surface area (Å²) in [7, 11) is 0. The average molecular weight is 304 g/mol. The third kappa shape index (κ3) is 5.13. The zero-order chi connectivity index (χ0) is 15.8. The van der Waals surface area contributed by atoms with Crippen LogP contribution >= 0.6 is 0 Å². The molecule has 6 nitrogen and oxygen atoms in total. The number of nitrogens with one attached hydrogen (secondary N) is 2. The average Bonchev–Trinajstić information content (AvgIpc) is 3.04. The molecular formula is C16H24N4O2. The fraction of sp³-hybridized carbons (Fsp3) is 0.500. The van der Waals surface area contributed by atoms with Gasteiger partial charge in [-0.25, -0.2) is 0 Å². The Balaban J connectivity index is 1.84. The molecule has 0 atom stereocenters. The molecule has 0 saturated carbocycles. The number of nitrogens with zero attached hydrogens (tertiary/aromatic N) is 1. The summed E-state index contributed by atoms with van der Waals surface area (Å²) in [5.41, 5.74) is 7.54. The Morgan fingerprint density at radius 3 is 2.41 bits per heavy atom. The molecule has 0 aliphatic carbocycles. The minimum absolute atomic E-state index is 0.0374. The Labute approximate surface area is 131 Å². The first-order chi connectivity index (χ1) is 10.7. The molecule has 4 N–H and O–H groups in total. The van der Waals surface area contributed by atoms with Crippen molar-refractivity contribution in [2.45, 2.75) is 25.9 Å². The van der Waals surface area contributed by atoms with Gasteiger partial charge in [0.2, 0.25) is 11.8 Å². The van der Waals surface area contributed by atoms with E-state index in [0.717, 1.165) is 25.2 Å². The Hall–Kier alpha value is -1.92. The van der Waals surface area contributed by atoms with E-state index < -0.39 is 0 Å². The van der Waals surface area contributed by atoms with E-state index >= 15 is 0 Å². The van der Waals surface area contributed by atoms with Crippen LogP contribution in [0.25, 0.3) is 0 Å². The molecule has 0 radical (unpaired) electrons. The summed E-state index contributed by atoms with van der Waals surface area (Å²) >= 11 is 0. The molecule has 120 valence electrons. The van der Waals surface area contributed by atoms with E-state index in [1.54, 1.807) is 0 Å². The summed E-state index contributed by atoms with van der Waals surface area (Å²) in [6, 6.07) is 8.14. The van der Waals surface area contributed by atoms with Crippen molar-refractivity contribution >= 4 is 11.8 Å². The SMILES string of the molecule is NCC(=O)NCC(=O)NCc1ccccc1CN1CCCC1. The standard InChI is InChI=1S/C16H24N4O2/c17-9-15(21)19-11-16(22)18-10-13-5-1-2-6-14(13)12-20-7-3-4-8-20/h1-2,5-6H,3-4,7-12,17H2,(H,18,22)(H,19,21). The van der Waals surface area contributed by atoms with E-state index in [0.29, 0.717) is 6.54 Å². The van der Waals surface area contributed by atoms with Gasteiger partial charge in [0.1, 0.15) is 0 Å². The predicted molar refractivity (Wildman–Crippen MR) is 84.9 cm³/mol. The van der Waals surface area contributed by atoms with Crippen molar-refractivity contribution in [1.82, 2.24) is 15.5 Å². The highest BCUT2D eigenvalue weighted by Crippen LogP contribution is 2.15. The first-order valence-corrected chi connectivity index (χ1v) is 7.71. The topological polar surface area (TPSA) is 87.5 Å². The van der Waals surface area contributed by atoms with Crippen LogP contribution in [0.15, 0.2) is 24.3 Å². The number of carbonyl (C=O) groups is 2. The molecule has 1 aromatic carbocycles. The van der Waals surface area contributed by atoms with Crippen molar-refractivity contribution in [2.24, 2.45) is 5.73 Å². The van der Waals surface area contributed by atoms with Crippen molar-refractivity contribution in [2.75, 3.05) is 26.2 Å². The molecule has 1 aromatic rings. The highest BCUT2D eigenvalue weighted by molar-refractivity contribution is 5.85. The van der Waals surface area contributed by atoms with E-state index in [9.17, 15) is 9.59 Å². The molecule has 0 aromatic heterocycles. The fourth-order valence-corrected chi connectivity index (χ4v) is 2.57. The quantitative estimate of drug-likeness (QED) is 0.660. The van der Waals surface area contributed by atoms with Crippen LogP contribution in [0.3, 0.4) is 0 Å². The van der Waals surface area contributed by atoms with Crippen molar-refractivity contribution in [3.8, 4) is 0 Å². The van der Waals surface area contributed by atoms with Gasteiger partial charge in [0, 0.05) is 13.1 Å². The summed E-state index contributed by atoms with van der Waals surface area (Å²) in [5.74, 6) is -0.539. The van der Waals surface area contributed by atoms with Crippen LogP contribution in [0.5, 0.6) is 0 Å². The molecule has 1 aliphatic rings. The van der Waals surface area contributed by atoms with Gasteiger partial charge in [-0.1, -0.05) is 24.3 Å². The Bertz CT molecular complexity index is 513. The monoisotopic (exact) mass is 304 g/mol. The molecule has 22 heavy (non-hydrogen) atoms. The van der Waals surface area contributed by atoms with E-state index in [-0.39, 0.29) is 24.9 Å². The highest BCUT2D eigenvalue weighted by atomic mass is 16.2. The number of carbonyl (C=O) groups excluding carboxylic acids is 2. The Kier molecular flexibility index (Phi) is 6.36. The molecule has 1 aliphatic heterocycles. The second-order valence-electron chi connectivity index (χ2n) is 5.51. The molecule has 0 bridgehead atoms. The summed E-state index contributed by atoms with van der Waals surface area (Å²) in [6.07, 6.45) is 2.53. The van der Waals surface area contributed by atoms with Crippen LogP contribution in [-0.4, -0.2) is 42.9 Å². The van der Waals surface area contributed by atoms with Gasteiger partial charge in [-0.05, 0) is 37.1 Å².